The molecule has 43 heavy (non-hydrogen) atoms. The van der Waals surface area contributed by atoms with Gasteiger partial charge in [-0.15, -0.1) is 0 Å². The van der Waals surface area contributed by atoms with Gasteiger partial charge in [-0.1, -0.05) is 140 Å². The van der Waals surface area contributed by atoms with E-state index in [2.05, 4.69) is 19.9 Å². The third-order valence-electron chi connectivity index (χ3n) is 7.21. The van der Waals surface area contributed by atoms with Gasteiger partial charge in [0.25, 0.3) is 0 Å². The van der Waals surface area contributed by atoms with E-state index in [9.17, 15) is 19.8 Å². The van der Waals surface area contributed by atoms with E-state index < -0.39 is 12.2 Å². The fraction of sp³-hybridized carbons (Fsp3) is 0.730. The second-order valence-electron chi connectivity index (χ2n) is 11.4. The molecule has 0 spiro atoms. The van der Waals surface area contributed by atoms with Crippen molar-refractivity contribution >= 4 is 11.9 Å². The summed E-state index contributed by atoms with van der Waals surface area (Å²) in [5.74, 6) is -0.701. The number of esters is 2. The van der Waals surface area contributed by atoms with Crippen molar-refractivity contribution in [1.29, 1.82) is 0 Å². The molecule has 2 N–H and O–H groups in total. The second-order valence-corrected chi connectivity index (χ2v) is 11.4. The Hall–Kier alpha value is -2.18. The van der Waals surface area contributed by atoms with Gasteiger partial charge in [0.05, 0.1) is 12.7 Å². The minimum atomic E-state index is -0.808. The number of aliphatic hydroxyl groups excluding tert-OH is 2. The first-order valence-electron chi connectivity index (χ1n) is 17.3. The highest BCUT2D eigenvalue weighted by molar-refractivity contribution is 5.70. The first-order chi connectivity index (χ1) is 21.0. The molecule has 0 saturated heterocycles. The van der Waals surface area contributed by atoms with Crippen molar-refractivity contribution in [1.82, 2.24) is 0 Å². The maximum Gasteiger partial charge on any atom is 0.306 e. The molecule has 0 aliphatic heterocycles. The van der Waals surface area contributed by atoms with E-state index in [1.54, 1.807) is 0 Å². The van der Waals surface area contributed by atoms with E-state index in [4.69, 9.17) is 9.47 Å². The molecule has 0 aromatic carbocycles. The van der Waals surface area contributed by atoms with Crippen LogP contribution in [-0.2, 0) is 19.1 Å². The van der Waals surface area contributed by atoms with Gasteiger partial charge in [-0.05, 0) is 44.9 Å². The van der Waals surface area contributed by atoms with Crippen molar-refractivity contribution < 1.29 is 29.3 Å². The molecule has 0 saturated carbocycles. The Kier molecular flexibility index (Phi) is 31.1. The zero-order valence-electron chi connectivity index (χ0n) is 27.6. The Morgan fingerprint density at radius 2 is 1.23 bits per heavy atom. The number of ether oxygens (including phenoxy) is 2. The molecular formula is C37H64O6. The lowest BCUT2D eigenvalue weighted by atomic mass is 10.1. The van der Waals surface area contributed by atoms with Gasteiger partial charge in [-0.3, -0.25) is 9.59 Å². The van der Waals surface area contributed by atoms with Crippen LogP contribution >= 0.6 is 0 Å². The monoisotopic (exact) mass is 604 g/mol. The van der Waals surface area contributed by atoms with E-state index in [0.717, 1.165) is 38.5 Å². The molecule has 0 heterocycles. The van der Waals surface area contributed by atoms with E-state index in [1.165, 1.54) is 70.6 Å². The molecule has 0 unspecified atom stereocenters. The summed E-state index contributed by atoms with van der Waals surface area (Å²) in [7, 11) is 0. The van der Waals surface area contributed by atoms with Crippen LogP contribution in [0.25, 0.3) is 0 Å². The Bertz CT molecular complexity index is 754. The van der Waals surface area contributed by atoms with Gasteiger partial charge >= 0.3 is 11.9 Å². The number of hydrogen-bond donors (Lipinski definition) is 2. The molecule has 0 rings (SSSR count). The maximum atomic E-state index is 12.1. The quantitative estimate of drug-likeness (QED) is 0.0367. The van der Waals surface area contributed by atoms with E-state index in [1.807, 2.05) is 42.5 Å². The molecule has 0 aromatic rings. The van der Waals surface area contributed by atoms with E-state index in [0.29, 0.717) is 19.3 Å². The highest BCUT2D eigenvalue weighted by Gasteiger charge is 2.16. The molecule has 2 atom stereocenters. The van der Waals surface area contributed by atoms with Gasteiger partial charge in [-0.25, -0.2) is 0 Å². The minimum absolute atomic E-state index is 0.115. The first-order valence-corrected chi connectivity index (χ1v) is 17.3. The Morgan fingerprint density at radius 3 is 1.91 bits per heavy atom. The summed E-state index contributed by atoms with van der Waals surface area (Å²) in [5.41, 5.74) is 0. The number of allylic oxidation sites excluding steroid dienone is 6. The number of unbranched alkanes of at least 4 members (excludes halogenated alkanes) is 14. The van der Waals surface area contributed by atoms with Gasteiger partial charge < -0.3 is 19.7 Å². The molecule has 0 aliphatic rings. The SMILES string of the molecule is CCCCC/C=C\C=C/[C@@H](O)C/C=C\C/C=C/CCCC(=O)OC[C@H](CO)OC(=O)CCCCCCCCCCCCC. The highest BCUT2D eigenvalue weighted by atomic mass is 16.6. The Balaban J connectivity index is 3.78. The molecule has 248 valence electrons. The van der Waals surface area contributed by atoms with Crippen LogP contribution in [0.4, 0.5) is 0 Å². The zero-order valence-corrected chi connectivity index (χ0v) is 27.6. The first kappa shape index (κ1) is 40.8. The lowest BCUT2D eigenvalue weighted by Gasteiger charge is -2.15. The molecule has 0 fully saturated rings. The molecule has 6 nitrogen and oxygen atoms in total. The van der Waals surface area contributed by atoms with Gasteiger partial charge in [0.15, 0.2) is 6.10 Å². The second kappa shape index (κ2) is 32.7. The van der Waals surface area contributed by atoms with Crippen LogP contribution in [-0.4, -0.2) is 47.6 Å². The number of rotatable bonds is 30. The Labute approximate surface area is 263 Å². The van der Waals surface area contributed by atoms with Crippen LogP contribution in [0.3, 0.4) is 0 Å². The molecule has 0 amide bonds. The zero-order chi connectivity index (χ0) is 31.6. The average Bonchev–Trinajstić information content (AvgIpc) is 3.00. The van der Waals surface area contributed by atoms with Crippen LogP contribution in [0.5, 0.6) is 0 Å². The fourth-order valence-corrected chi connectivity index (χ4v) is 4.51. The smallest absolute Gasteiger partial charge is 0.306 e. The minimum Gasteiger partial charge on any atom is -0.462 e. The van der Waals surface area contributed by atoms with Crippen molar-refractivity contribution in [2.45, 2.75) is 161 Å². The molecule has 0 bridgehead atoms. The van der Waals surface area contributed by atoms with Crippen LogP contribution in [0.15, 0.2) is 48.6 Å². The standard InChI is InChI=1S/C37H64O6/c1-3-5-7-9-11-12-13-14-18-23-27-31-37(41)43-35(32-38)33-42-36(40)30-26-22-19-15-17-21-25-29-34(39)28-24-20-16-10-8-6-4-2/h15-16,19-21,24-25,28,34-35,38-39H,3-14,17-18,22-23,26-27,29-33H2,1-2H3/b19-15+,20-16-,25-21-,28-24-/t34-,35+/m1/s1. The third kappa shape index (κ3) is 31.1. The highest BCUT2D eigenvalue weighted by Crippen LogP contribution is 2.12. The summed E-state index contributed by atoms with van der Waals surface area (Å²) in [4.78, 5) is 24.1. The van der Waals surface area contributed by atoms with Crippen LogP contribution in [0.2, 0.25) is 0 Å². The van der Waals surface area contributed by atoms with Crippen LogP contribution in [0.1, 0.15) is 149 Å². The average molecular weight is 605 g/mol. The van der Waals surface area contributed by atoms with Crippen LogP contribution in [0, 0.1) is 0 Å². The number of carbonyl (C=O) groups excluding carboxylic acids is 2. The van der Waals surface area contributed by atoms with Crippen LogP contribution < -0.4 is 0 Å². The summed E-state index contributed by atoms with van der Waals surface area (Å²) >= 11 is 0. The summed E-state index contributed by atoms with van der Waals surface area (Å²) in [6.45, 7) is 3.96. The normalized spacial score (nSPS) is 13.5. The predicted molar refractivity (Wildman–Crippen MR) is 179 cm³/mol. The largest absolute Gasteiger partial charge is 0.462 e. The predicted octanol–water partition coefficient (Wildman–Crippen LogP) is 9.25. The number of aliphatic hydroxyl groups is 2. The fourth-order valence-electron chi connectivity index (χ4n) is 4.51. The summed E-state index contributed by atoms with van der Waals surface area (Å²) in [6, 6.07) is 0. The lowest BCUT2D eigenvalue weighted by Crippen LogP contribution is -2.28. The maximum absolute atomic E-state index is 12.1. The van der Waals surface area contributed by atoms with Gasteiger partial charge in [0.1, 0.15) is 6.61 Å². The van der Waals surface area contributed by atoms with Gasteiger partial charge in [0, 0.05) is 12.8 Å². The summed E-state index contributed by atoms with van der Waals surface area (Å²) < 4.78 is 10.5. The molecule has 0 radical (unpaired) electrons. The molecule has 0 aromatic heterocycles. The third-order valence-corrected chi connectivity index (χ3v) is 7.21. The topological polar surface area (TPSA) is 93.1 Å². The van der Waals surface area contributed by atoms with Crippen molar-refractivity contribution in [2.24, 2.45) is 0 Å². The van der Waals surface area contributed by atoms with Gasteiger partial charge in [-0.2, -0.15) is 0 Å². The molecule has 6 heteroatoms. The molecule has 0 aliphatic carbocycles. The van der Waals surface area contributed by atoms with Crippen molar-refractivity contribution in [3.05, 3.63) is 48.6 Å². The van der Waals surface area contributed by atoms with E-state index >= 15 is 0 Å². The van der Waals surface area contributed by atoms with Crippen molar-refractivity contribution in [3.63, 3.8) is 0 Å². The number of hydrogen-bond acceptors (Lipinski definition) is 6. The lowest BCUT2D eigenvalue weighted by molar-refractivity contribution is -0.161. The Morgan fingerprint density at radius 1 is 0.651 bits per heavy atom. The number of carbonyl (C=O) groups is 2. The summed E-state index contributed by atoms with van der Waals surface area (Å²) in [5, 5.41) is 19.5. The molecular weight excluding hydrogens is 540 g/mol. The summed E-state index contributed by atoms with van der Waals surface area (Å²) in [6.07, 6.45) is 36.2. The van der Waals surface area contributed by atoms with Crippen molar-refractivity contribution in [2.75, 3.05) is 13.2 Å². The van der Waals surface area contributed by atoms with E-state index in [-0.39, 0.29) is 31.6 Å². The van der Waals surface area contributed by atoms with Gasteiger partial charge in [0.2, 0.25) is 0 Å². The van der Waals surface area contributed by atoms with Crippen molar-refractivity contribution in [3.8, 4) is 0 Å².